The maximum Gasteiger partial charge on any atom is 0.230 e. The van der Waals surface area contributed by atoms with Crippen molar-refractivity contribution in [2.45, 2.75) is 56.4 Å². The van der Waals surface area contributed by atoms with Crippen molar-refractivity contribution in [2.75, 3.05) is 7.11 Å². The molecule has 0 heterocycles. The van der Waals surface area contributed by atoms with Crippen molar-refractivity contribution in [3.63, 3.8) is 0 Å². The number of rotatable bonds is 4. The summed E-state index contributed by atoms with van der Waals surface area (Å²) in [5.41, 5.74) is 0.856. The number of carbonyl (C=O) groups excluding carboxylic acids is 1. The van der Waals surface area contributed by atoms with Gasteiger partial charge < -0.3 is 10.1 Å². The van der Waals surface area contributed by atoms with Crippen LogP contribution in [0.5, 0.6) is 5.75 Å². The monoisotopic (exact) mass is 273 g/mol. The smallest absolute Gasteiger partial charge is 0.230 e. The molecule has 0 radical (unpaired) electrons. The summed E-state index contributed by atoms with van der Waals surface area (Å²) < 4.78 is 5.20. The normalized spacial score (nSPS) is 21.2. The van der Waals surface area contributed by atoms with Gasteiger partial charge in [0.05, 0.1) is 12.5 Å². The molecule has 0 aliphatic heterocycles. The molecule has 3 rings (SSSR count). The van der Waals surface area contributed by atoms with Crippen molar-refractivity contribution >= 4 is 5.91 Å². The molecule has 1 aromatic carbocycles. The molecule has 1 aromatic rings. The first kappa shape index (κ1) is 13.5. The third-order valence-corrected chi connectivity index (χ3v) is 4.97. The summed E-state index contributed by atoms with van der Waals surface area (Å²) in [7, 11) is 1.67. The molecule has 0 spiro atoms. The predicted molar refractivity (Wildman–Crippen MR) is 78.9 cm³/mol. The van der Waals surface area contributed by atoms with Crippen molar-refractivity contribution in [3.05, 3.63) is 29.8 Å². The molecule has 0 unspecified atom stereocenters. The van der Waals surface area contributed by atoms with Gasteiger partial charge >= 0.3 is 0 Å². The van der Waals surface area contributed by atoms with Crippen LogP contribution in [-0.2, 0) is 10.2 Å². The molecule has 3 heteroatoms. The van der Waals surface area contributed by atoms with E-state index in [1.54, 1.807) is 7.11 Å². The molecule has 1 amide bonds. The summed E-state index contributed by atoms with van der Waals surface area (Å²) in [5, 5.41) is 3.28. The fraction of sp³-hybridized carbons (Fsp3) is 0.588. The van der Waals surface area contributed by atoms with Gasteiger partial charge in [-0.15, -0.1) is 0 Å². The zero-order valence-electron chi connectivity index (χ0n) is 12.2. The minimum Gasteiger partial charge on any atom is -0.497 e. The van der Waals surface area contributed by atoms with Crippen LogP contribution >= 0.6 is 0 Å². The lowest BCUT2D eigenvalue weighted by atomic mass is 9.63. The SMILES string of the molecule is COc1ccc(C2(C(=O)NC3CCCC3)CCC2)cc1. The Bertz CT molecular complexity index is 470. The third kappa shape index (κ3) is 2.30. The van der Waals surface area contributed by atoms with Crippen molar-refractivity contribution in [2.24, 2.45) is 0 Å². The largest absolute Gasteiger partial charge is 0.497 e. The van der Waals surface area contributed by atoms with Crippen molar-refractivity contribution in [1.29, 1.82) is 0 Å². The van der Waals surface area contributed by atoms with Gasteiger partial charge in [-0.25, -0.2) is 0 Å². The van der Waals surface area contributed by atoms with Crippen LogP contribution in [0.4, 0.5) is 0 Å². The summed E-state index contributed by atoms with van der Waals surface area (Å²) in [6, 6.07) is 8.41. The van der Waals surface area contributed by atoms with Gasteiger partial charge in [0, 0.05) is 6.04 Å². The van der Waals surface area contributed by atoms with Gasteiger partial charge in [-0.2, -0.15) is 0 Å². The molecule has 0 saturated heterocycles. The standard InChI is InChI=1S/C17H23NO2/c1-20-15-9-7-13(8-10-15)17(11-4-12-17)16(19)18-14-5-2-3-6-14/h7-10,14H,2-6,11-12H2,1H3,(H,18,19). The molecule has 108 valence electrons. The highest BCUT2D eigenvalue weighted by molar-refractivity contribution is 5.89. The number of hydrogen-bond donors (Lipinski definition) is 1. The molecule has 2 saturated carbocycles. The molecule has 2 fully saturated rings. The van der Waals surface area contributed by atoms with Gasteiger partial charge in [-0.3, -0.25) is 4.79 Å². The Morgan fingerprint density at radius 2 is 1.80 bits per heavy atom. The number of carbonyl (C=O) groups is 1. The van der Waals surface area contributed by atoms with Gasteiger partial charge in [0.15, 0.2) is 0 Å². The lowest BCUT2D eigenvalue weighted by Crippen LogP contribution is -2.51. The summed E-state index contributed by atoms with van der Waals surface area (Å²) in [5.74, 6) is 1.08. The van der Waals surface area contributed by atoms with Gasteiger partial charge in [0.25, 0.3) is 0 Å². The van der Waals surface area contributed by atoms with Crippen LogP contribution in [0.15, 0.2) is 24.3 Å². The Morgan fingerprint density at radius 3 is 2.30 bits per heavy atom. The maximum absolute atomic E-state index is 12.7. The maximum atomic E-state index is 12.7. The number of hydrogen-bond acceptors (Lipinski definition) is 2. The Morgan fingerprint density at radius 1 is 1.15 bits per heavy atom. The second-order valence-electron chi connectivity index (χ2n) is 6.12. The zero-order valence-corrected chi connectivity index (χ0v) is 12.2. The number of nitrogens with one attached hydrogen (secondary N) is 1. The lowest BCUT2D eigenvalue weighted by molar-refractivity contribution is -0.130. The average Bonchev–Trinajstić information content (AvgIpc) is 2.91. The first-order valence-electron chi connectivity index (χ1n) is 7.70. The number of ether oxygens (including phenoxy) is 1. The van der Waals surface area contributed by atoms with Crippen molar-refractivity contribution in [1.82, 2.24) is 5.32 Å². The second kappa shape index (κ2) is 5.47. The summed E-state index contributed by atoms with van der Waals surface area (Å²) in [4.78, 5) is 12.7. The highest BCUT2D eigenvalue weighted by Crippen LogP contribution is 2.44. The van der Waals surface area contributed by atoms with Crippen LogP contribution in [0.1, 0.15) is 50.5 Å². The molecule has 1 N–H and O–H groups in total. The van der Waals surface area contributed by atoms with Crippen molar-refractivity contribution < 1.29 is 9.53 Å². The lowest BCUT2D eigenvalue weighted by Gasteiger charge is -2.41. The van der Waals surface area contributed by atoms with E-state index in [-0.39, 0.29) is 11.3 Å². The van der Waals surface area contributed by atoms with Crippen LogP contribution in [0.25, 0.3) is 0 Å². The van der Waals surface area contributed by atoms with E-state index in [9.17, 15) is 4.79 Å². The zero-order chi connectivity index (χ0) is 14.0. The van der Waals surface area contributed by atoms with Gasteiger partial charge in [0.1, 0.15) is 5.75 Å². The van der Waals surface area contributed by atoms with E-state index in [1.165, 1.54) is 12.8 Å². The molecule has 0 bridgehead atoms. The molecular weight excluding hydrogens is 250 g/mol. The second-order valence-corrected chi connectivity index (χ2v) is 6.12. The summed E-state index contributed by atoms with van der Waals surface area (Å²) in [6.45, 7) is 0. The van der Waals surface area contributed by atoms with Gasteiger partial charge in [-0.05, 0) is 43.4 Å². The summed E-state index contributed by atoms with van der Waals surface area (Å²) in [6.07, 6.45) is 7.87. The van der Waals surface area contributed by atoms with Crippen molar-refractivity contribution in [3.8, 4) is 5.75 Å². The van der Waals surface area contributed by atoms with E-state index in [1.807, 2.05) is 24.3 Å². The highest BCUT2D eigenvalue weighted by Gasteiger charge is 2.46. The fourth-order valence-electron chi connectivity index (χ4n) is 3.48. The Labute approximate surface area is 120 Å². The first-order chi connectivity index (χ1) is 9.74. The highest BCUT2D eigenvalue weighted by atomic mass is 16.5. The van der Waals surface area contributed by atoms with E-state index in [4.69, 9.17) is 4.74 Å². The molecule has 2 aliphatic rings. The third-order valence-electron chi connectivity index (χ3n) is 4.97. The molecule has 2 aliphatic carbocycles. The number of methoxy groups -OCH3 is 1. The average molecular weight is 273 g/mol. The van der Waals surface area contributed by atoms with Crippen LogP contribution < -0.4 is 10.1 Å². The van der Waals surface area contributed by atoms with Gasteiger partial charge in [0.2, 0.25) is 5.91 Å². The first-order valence-corrected chi connectivity index (χ1v) is 7.70. The minimum absolute atomic E-state index is 0.237. The fourth-order valence-corrected chi connectivity index (χ4v) is 3.48. The number of benzene rings is 1. The topological polar surface area (TPSA) is 38.3 Å². The van der Waals surface area contributed by atoms with E-state index in [0.717, 1.165) is 43.4 Å². The molecule has 0 atom stereocenters. The minimum atomic E-state index is -0.283. The Kier molecular flexibility index (Phi) is 3.68. The summed E-state index contributed by atoms with van der Waals surface area (Å²) >= 11 is 0. The quantitative estimate of drug-likeness (QED) is 0.915. The van der Waals surface area contributed by atoms with Crippen LogP contribution in [0, 0.1) is 0 Å². The Balaban J connectivity index is 1.76. The predicted octanol–water partition coefficient (Wildman–Crippen LogP) is 3.18. The van der Waals surface area contributed by atoms with E-state index in [2.05, 4.69) is 5.32 Å². The molecule has 3 nitrogen and oxygen atoms in total. The van der Waals surface area contributed by atoms with E-state index < -0.39 is 0 Å². The van der Waals surface area contributed by atoms with Crippen LogP contribution in [-0.4, -0.2) is 19.1 Å². The molecular formula is C17H23NO2. The molecule has 20 heavy (non-hydrogen) atoms. The number of amides is 1. The van der Waals surface area contributed by atoms with Gasteiger partial charge in [-0.1, -0.05) is 31.4 Å². The Hall–Kier alpha value is -1.51. The van der Waals surface area contributed by atoms with E-state index >= 15 is 0 Å². The van der Waals surface area contributed by atoms with Crippen LogP contribution in [0.2, 0.25) is 0 Å². The van der Waals surface area contributed by atoms with Crippen LogP contribution in [0.3, 0.4) is 0 Å². The van der Waals surface area contributed by atoms with E-state index in [0.29, 0.717) is 6.04 Å². The molecule has 0 aromatic heterocycles.